The molecule has 1 fully saturated rings. The molecule has 0 unspecified atom stereocenters. The average molecular weight is 696 g/mol. The van der Waals surface area contributed by atoms with E-state index < -0.39 is 24.0 Å². The predicted octanol–water partition coefficient (Wildman–Crippen LogP) is 7.05. The molecule has 0 spiro atoms. The van der Waals surface area contributed by atoms with Crippen molar-refractivity contribution in [1.29, 1.82) is 0 Å². The summed E-state index contributed by atoms with van der Waals surface area (Å²) < 4.78 is 42.5. The van der Waals surface area contributed by atoms with E-state index in [0.29, 0.717) is 61.8 Å². The van der Waals surface area contributed by atoms with Crippen LogP contribution in [0.5, 0.6) is 0 Å². The summed E-state index contributed by atoms with van der Waals surface area (Å²) >= 11 is 8.79. The summed E-state index contributed by atoms with van der Waals surface area (Å²) in [4.78, 5) is 8.52. The minimum Gasteiger partial charge on any atom is -0.383 e. The number of nitrogens with zero attached hydrogens (tertiary/aromatic N) is 3. The van der Waals surface area contributed by atoms with Crippen LogP contribution >= 0.6 is 34.2 Å². The molecule has 3 aromatic rings. The number of fused-ring (bicyclic) bond motifs is 1. The maximum absolute atomic E-state index is 14.0. The minimum atomic E-state index is -2.53. The lowest BCUT2D eigenvalue weighted by Gasteiger charge is -2.28. The van der Waals surface area contributed by atoms with E-state index in [1.807, 2.05) is 6.07 Å². The smallest absolute Gasteiger partial charge is 0.262 e. The molecule has 216 valence electrons. The topological polar surface area (TPSA) is 77.1 Å². The predicted molar refractivity (Wildman–Crippen MR) is 165 cm³/mol. The van der Waals surface area contributed by atoms with Crippen LogP contribution in [0.3, 0.4) is 0 Å². The van der Waals surface area contributed by atoms with Crippen molar-refractivity contribution in [3.05, 3.63) is 67.7 Å². The van der Waals surface area contributed by atoms with Gasteiger partial charge in [-0.2, -0.15) is 4.39 Å². The molecular formula is C29H30ClF3IN7. The Hall–Kier alpha value is -2.95. The van der Waals surface area contributed by atoms with Gasteiger partial charge < -0.3 is 16.1 Å². The molecule has 3 heterocycles. The van der Waals surface area contributed by atoms with Crippen molar-refractivity contribution in [2.45, 2.75) is 58.5 Å². The molecule has 1 aromatic carbocycles. The van der Waals surface area contributed by atoms with Gasteiger partial charge in [-0.3, -0.25) is 9.99 Å². The van der Waals surface area contributed by atoms with Gasteiger partial charge in [0.1, 0.15) is 9.24 Å². The number of hydrazine groups is 2. The molecule has 5 rings (SSSR count). The Morgan fingerprint density at radius 3 is 2.61 bits per heavy atom. The molecule has 12 heteroatoms. The first kappa shape index (κ1) is 29.5. The van der Waals surface area contributed by atoms with Crippen LogP contribution in [0, 0.1) is 30.6 Å². The maximum Gasteiger partial charge on any atom is 0.262 e. The molecular weight excluding hydrogens is 666 g/mol. The molecule has 1 aliphatic carbocycles. The molecule has 0 bridgehead atoms. The highest BCUT2D eigenvalue weighted by molar-refractivity contribution is 14.1. The van der Waals surface area contributed by atoms with Crippen molar-refractivity contribution >= 4 is 56.5 Å². The van der Waals surface area contributed by atoms with Crippen molar-refractivity contribution in [1.82, 2.24) is 25.9 Å². The molecule has 0 amide bonds. The molecule has 7 nitrogen and oxygen atoms in total. The van der Waals surface area contributed by atoms with Gasteiger partial charge in [0, 0.05) is 35.1 Å². The van der Waals surface area contributed by atoms with Crippen LogP contribution in [0.25, 0.3) is 10.9 Å². The van der Waals surface area contributed by atoms with Gasteiger partial charge >= 0.3 is 0 Å². The van der Waals surface area contributed by atoms with E-state index in [0.717, 1.165) is 11.1 Å². The lowest BCUT2D eigenvalue weighted by Crippen LogP contribution is -2.49. The minimum absolute atomic E-state index is 0.0212. The number of hydrogen-bond donors (Lipinski definition) is 4. The van der Waals surface area contributed by atoms with Crippen LogP contribution in [0.1, 0.15) is 56.5 Å². The fourth-order valence-corrected chi connectivity index (χ4v) is 6.13. The number of anilines is 2. The highest BCUT2D eigenvalue weighted by Crippen LogP contribution is 2.50. The first-order valence-electron chi connectivity index (χ1n) is 13.1. The van der Waals surface area contributed by atoms with Crippen molar-refractivity contribution < 1.29 is 13.2 Å². The van der Waals surface area contributed by atoms with Gasteiger partial charge in [-0.15, -0.1) is 12.0 Å². The number of halogens is 5. The molecule has 1 aliphatic heterocycles. The third-order valence-electron chi connectivity index (χ3n) is 7.21. The summed E-state index contributed by atoms with van der Waals surface area (Å²) in [5.41, 5.74) is 8.95. The van der Waals surface area contributed by atoms with Crippen molar-refractivity contribution in [3.63, 3.8) is 0 Å². The largest absolute Gasteiger partial charge is 0.383 e. The fraction of sp³-hybridized carbons (Fsp3) is 0.379. The monoisotopic (exact) mass is 695 g/mol. The fourth-order valence-electron chi connectivity index (χ4n) is 4.82. The van der Waals surface area contributed by atoms with E-state index >= 15 is 0 Å². The van der Waals surface area contributed by atoms with Crippen molar-refractivity contribution in [2.75, 3.05) is 17.2 Å². The molecule has 1 atom stereocenters. The summed E-state index contributed by atoms with van der Waals surface area (Å²) in [7, 11) is 0. The summed E-state index contributed by atoms with van der Waals surface area (Å²) in [6.07, 6.45) is 5.64. The third-order valence-corrected chi connectivity index (χ3v) is 8.57. The van der Waals surface area contributed by atoms with Gasteiger partial charge in [0.05, 0.1) is 33.5 Å². The first-order valence-corrected chi connectivity index (χ1v) is 14.5. The van der Waals surface area contributed by atoms with Gasteiger partial charge in [-0.05, 0) is 66.0 Å². The van der Waals surface area contributed by atoms with E-state index in [1.165, 1.54) is 11.1 Å². The van der Waals surface area contributed by atoms with Gasteiger partial charge in [0.15, 0.2) is 0 Å². The second-order valence-corrected chi connectivity index (χ2v) is 13.0. The van der Waals surface area contributed by atoms with E-state index in [4.69, 9.17) is 18.0 Å². The van der Waals surface area contributed by atoms with Crippen LogP contribution in [0.15, 0.2) is 39.9 Å². The molecule has 2 aromatic heterocycles. The normalized spacial score (nSPS) is 17.0. The van der Waals surface area contributed by atoms with E-state index in [9.17, 15) is 13.2 Å². The zero-order valence-corrected chi connectivity index (χ0v) is 25.9. The van der Waals surface area contributed by atoms with Gasteiger partial charge in [-0.1, -0.05) is 44.4 Å². The maximum atomic E-state index is 14.0. The van der Waals surface area contributed by atoms with E-state index in [1.54, 1.807) is 25.3 Å². The number of hydrogen-bond acceptors (Lipinski definition) is 7. The Morgan fingerprint density at radius 1 is 1.27 bits per heavy atom. The number of alkyl halides is 2. The van der Waals surface area contributed by atoms with Gasteiger partial charge in [0.25, 0.3) is 6.43 Å². The highest BCUT2D eigenvalue weighted by Gasteiger charge is 2.58. The Kier molecular flexibility index (Phi) is 7.95. The highest BCUT2D eigenvalue weighted by atomic mass is 127. The second-order valence-electron chi connectivity index (χ2n) is 11.5. The summed E-state index contributed by atoms with van der Waals surface area (Å²) in [6, 6.07) is 5.93. The lowest BCUT2D eigenvalue weighted by atomic mass is 9.96. The van der Waals surface area contributed by atoms with Gasteiger partial charge in [-0.25, -0.2) is 13.8 Å². The van der Waals surface area contributed by atoms with Crippen LogP contribution in [0.2, 0.25) is 5.02 Å². The zero-order chi connectivity index (χ0) is 29.7. The SMILES string of the molecule is C#Cc1cnc2c(Cl)cc(N[C@H](C3=C(I)N(C4(C(F)F)CC4)NN3)c3ccc(F)nc3C)cc2c1NCC(C)(C)C. The van der Waals surface area contributed by atoms with Crippen LogP contribution < -0.4 is 21.6 Å². The third kappa shape index (κ3) is 5.74. The number of pyridine rings is 2. The number of rotatable bonds is 8. The summed E-state index contributed by atoms with van der Waals surface area (Å²) in [6.45, 7) is 8.70. The van der Waals surface area contributed by atoms with Crippen LogP contribution in [-0.2, 0) is 0 Å². The standard InChI is InChI=1S/C29H30ClF3IN7/c1-6-16-13-35-23-19(22(16)36-14-28(3,4)5)11-17(12-20(23)30)38-24(18-7-8-21(31)37-15(18)2)25-26(34)41(40-39-25)29(9-10-29)27(32)33/h1,7-8,11-13,24,27,38-40H,9-10,14H2,2-5H3,(H,35,36)/t24-/m0/s1. The number of aryl methyl sites for hydroxylation is 1. The van der Waals surface area contributed by atoms with Crippen molar-refractivity contribution in [3.8, 4) is 12.3 Å². The molecule has 2 aliphatic rings. The second kappa shape index (κ2) is 11.0. The Labute approximate surface area is 255 Å². The lowest BCUT2D eigenvalue weighted by molar-refractivity contribution is 0.00808. The van der Waals surface area contributed by atoms with E-state index in [2.05, 4.69) is 80.8 Å². The molecule has 0 radical (unpaired) electrons. The van der Waals surface area contributed by atoms with Crippen LogP contribution in [-0.4, -0.2) is 33.5 Å². The molecule has 4 N–H and O–H groups in total. The summed E-state index contributed by atoms with van der Waals surface area (Å²) in [5.74, 6) is 2.09. The quantitative estimate of drug-likeness (QED) is 0.0872. The number of terminal acetylenes is 1. The average Bonchev–Trinajstić information content (AvgIpc) is 3.62. The van der Waals surface area contributed by atoms with Crippen LogP contribution in [0.4, 0.5) is 24.5 Å². The Bertz CT molecular complexity index is 1580. The zero-order valence-electron chi connectivity index (χ0n) is 23.0. The number of aromatic nitrogens is 2. The van der Waals surface area contributed by atoms with Crippen molar-refractivity contribution in [2.24, 2.45) is 5.41 Å². The summed E-state index contributed by atoms with van der Waals surface area (Å²) in [5, 5.41) is 9.57. The number of benzene rings is 1. The van der Waals surface area contributed by atoms with Gasteiger partial charge in [0.2, 0.25) is 5.95 Å². The molecule has 41 heavy (non-hydrogen) atoms. The molecule has 0 saturated heterocycles. The molecule has 1 saturated carbocycles. The Balaban J connectivity index is 1.61. The number of nitrogens with one attached hydrogen (secondary N) is 4. The van der Waals surface area contributed by atoms with E-state index in [-0.39, 0.29) is 5.41 Å². The first-order chi connectivity index (χ1) is 19.3. The Morgan fingerprint density at radius 2 is 2.00 bits per heavy atom.